The molecule has 2 aromatic carbocycles. The smallest absolute Gasteiger partial charge is 0.329 e. The molecule has 3 amide bonds. The molecule has 1 aliphatic rings. The number of para-hydroxylation sites is 1. The molecule has 0 aromatic heterocycles. The standard InChI is InChI=1S/C20H17BrN2O5/c1-27-18(24)11-23-19(25)16(22-20(23)26)10-14-4-2-3-5-17(14)28-12-13-6-8-15(21)9-7-13/h2-10H,11-12H2,1H3,(H,22,26)/b16-10+. The summed E-state index contributed by atoms with van der Waals surface area (Å²) >= 11 is 3.39. The average molecular weight is 445 g/mol. The van der Waals surface area contributed by atoms with Gasteiger partial charge in [0.15, 0.2) is 0 Å². The maximum absolute atomic E-state index is 12.4. The maximum atomic E-state index is 12.4. The van der Waals surface area contributed by atoms with Gasteiger partial charge in [-0.05, 0) is 29.8 Å². The lowest BCUT2D eigenvalue weighted by atomic mass is 10.1. The predicted molar refractivity (Wildman–Crippen MR) is 105 cm³/mol. The molecule has 0 spiro atoms. The number of carbonyl (C=O) groups is 3. The molecule has 0 unspecified atom stereocenters. The number of hydrogen-bond donors (Lipinski definition) is 1. The molecule has 2 aromatic rings. The second-order valence-corrected chi connectivity index (χ2v) is 6.82. The van der Waals surface area contributed by atoms with Gasteiger partial charge in [0.1, 0.15) is 24.6 Å². The number of imide groups is 1. The van der Waals surface area contributed by atoms with E-state index in [0.717, 1.165) is 14.9 Å². The SMILES string of the molecule is COC(=O)CN1C(=O)N/C(=C/c2ccccc2OCc2ccc(Br)cc2)C1=O. The minimum Gasteiger partial charge on any atom is -0.488 e. The van der Waals surface area contributed by atoms with Gasteiger partial charge in [-0.1, -0.05) is 46.3 Å². The number of ether oxygens (including phenoxy) is 2. The van der Waals surface area contributed by atoms with Crippen LogP contribution in [0.3, 0.4) is 0 Å². The number of rotatable bonds is 6. The minimum atomic E-state index is -0.678. The summed E-state index contributed by atoms with van der Waals surface area (Å²) < 4.78 is 11.4. The quantitative estimate of drug-likeness (QED) is 0.420. The molecule has 0 atom stereocenters. The molecule has 0 saturated carbocycles. The number of esters is 1. The number of nitrogens with zero attached hydrogens (tertiary/aromatic N) is 1. The number of urea groups is 1. The Morgan fingerprint density at radius 2 is 1.86 bits per heavy atom. The number of benzene rings is 2. The lowest BCUT2D eigenvalue weighted by molar-refractivity contribution is -0.143. The Morgan fingerprint density at radius 1 is 1.14 bits per heavy atom. The highest BCUT2D eigenvalue weighted by Crippen LogP contribution is 2.24. The number of halogens is 1. The van der Waals surface area contributed by atoms with Crippen LogP contribution in [-0.4, -0.2) is 36.5 Å². The van der Waals surface area contributed by atoms with Crippen molar-refractivity contribution in [3.8, 4) is 5.75 Å². The Kier molecular flexibility index (Phi) is 6.10. The van der Waals surface area contributed by atoms with E-state index in [9.17, 15) is 14.4 Å². The van der Waals surface area contributed by atoms with Crippen molar-refractivity contribution >= 4 is 39.9 Å². The summed E-state index contributed by atoms with van der Waals surface area (Å²) in [5.74, 6) is -0.715. The van der Waals surface area contributed by atoms with E-state index in [0.29, 0.717) is 17.9 Å². The Balaban J connectivity index is 1.77. The van der Waals surface area contributed by atoms with Crippen LogP contribution in [0.5, 0.6) is 5.75 Å². The fraction of sp³-hybridized carbons (Fsp3) is 0.150. The molecule has 1 heterocycles. The summed E-state index contributed by atoms with van der Waals surface area (Å²) in [4.78, 5) is 36.6. The van der Waals surface area contributed by atoms with Gasteiger partial charge in [0, 0.05) is 10.0 Å². The van der Waals surface area contributed by atoms with Gasteiger partial charge in [0.25, 0.3) is 5.91 Å². The lowest BCUT2D eigenvalue weighted by Gasteiger charge is -2.10. The van der Waals surface area contributed by atoms with Gasteiger partial charge in [-0.3, -0.25) is 9.59 Å². The van der Waals surface area contributed by atoms with Crippen molar-refractivity contribution in [2.45, 2.75) is 6.61 Å². The first-order valence-corrected chi connectivity index (χ1v) is 9.15. The number of hydrogen-bond acceptors (Lipinski definition) is 5. The van der Waals surface area contributed by atoms with E-state index >= 15 is 0 Å². The summed E-state index contributed by atoms with van der Waals surface area (Å²) in [5, 5.41) is 2.47. The molecule has 3 rings (SSSR count). The first kappa shape index (κ1) is 19.6. The Morgan fingerprint density at radius 3 is 2.57 bits per heavy atom. The molecule has 7 nitrogen and oxygen atoms in total. The average Bonchev–Trinajstić information content (AvgIpc) is 2.95. The zero-order valence-electron chi connectivity index (χ0n) is 15.0. The fourth-order valence-electron chi connectivity index (χ4n) is 2.54. The van der Waals surface area contributed by atoms with Crippen LogP contribution in [0.1, 0.15) is 11.1 Å². The zero-order valence-corrected chi connectivity index (χ0v) is 16.6. The summed E-state index contributed by atoms with van der Waals surface area (Å²) in [6.07, 6.45) is 1.52. The largest absolute Gasteiger partial charge is 0.488 e. The zero-order chi connectivity index (χ0) is 20.1. The molecule has 1 N–H and O–H groups in total. The molecule has 144 valence electrons. The third-order valence-electron chi connectivity index (χ3n) is 4.00. The van der Waals surface area contributed by atoms with E-state index in [1.165, 1.54) is 13.2 Å². The summed E-state index contributed by atoms with van der Waals surface area (Å²) in [6, 6.07) is 14.2. The van der Waals surface area contributed by atoms with E-state index in [2.05, 4.69) is 26.0 Å². The first-order valence-electron chi connectivity index (χ1n) is 8.35. The van der Waals surface area contributed by atoms with Gasteiger partial charge in [0.2, 0.25) is 0 Å². The molecule has 1 aliphatic heterocycles. The second kappa shape index (κ2) is 8.71. The molecular weight excluding hydrogens is 428 g/mol. The Labute approximate surface area is 170 Å². The molecule has 1 saturated heterocycles. The van der Waals surface area contributed by atoms with Gasteiger partial charge >= 0.3 is 12.0 Å². The summed E-state index contributed by atoms with van der Waals surface area (Å²) in [5.41, 5.74) is 1.68. The van der Waals surface area contributed by atoms with Crippen LogP contribution >= 0.6 is 15.9 Å². The third kappa shape index (κ3) is 4.58. The van der Waals surface area contributed by atoms with Crippen LogP contribution in [-0.2, 0) is 20.9 Å². The van der Waals surface area contributed by atoms with Crippen molar-refractivity contribution in [2.24, 2.45) is 0 Å². The third-order valence-corrected chi connectivity index (χ3v) is 4.53. The van der Waals surface area contributed by atoms with Crippen LogP contribution in [0.15, 0.2) is 58.7 Å². The van der Waals surface area contributed by atoms with E-state index < -0.39 is 24.5 Å². The fourth-order valence-corrected chi connectivity index (χ4v) is 2.80. The molecule has 0 aliphatic carbocycles. The first-order chi connectivity index (χ1) is 13.5. The van der Waals surface area contributed by atoms with E-state index in [1.807, 2.05) is 30.3 Å². The van der Waals surface area contributed by atoms with Gasteiger partial charge < -0.3 is 14.8 Å². The van der Waals surface area contributed by atoms with Crippen LogP contribution in [0, 0.1) is 0 Å². The van der Waals surface area contributed by atoms with Gasteiger partial charge in [0.05, 0.1) is 7.11 Å². The highest BCUT2D eigenvalue weighted by atomic mass is 79.9. The molecule has 28 heavy (non-hydrogen) atoms. The predicted octanol–water partition coefficient (Wildman–Crippen LogP) is 3.09. The normalized spacial score (nSPS) is 14.9. The van der Waals surface area contributed by atoms with Crippen LogP contribution in [0.25, 0.3) is 6.08 Å². The Hall–Kier alpha value is -3.13. The van der Waals surface area contributed by atoms with Gasteiger partial charge in [-0.25, -0.2) is 9.69 Å². The highest BCUT2D eigenvalue weighted by Gasteiger charge is 2.35. The van der Waals surface area contributed by atoms with Gasteiger partial charge in [-0.15, -0.1) is 0 Å². The number of nitrogens with one attached hydrogen (secondary N) is 1. The Bertz CT molecular complexity index is 940. The van der Waals surface area contributed by atoms with Crippen LogP contribution < -0.4 is 10.1 Å². The lowest BCUT2D eigenvalue weighted by Crippen LogP contribution is -2.36. The number of methoxy groups -OCH3 is 1. The van der Waals surface area contributed by atoms with Crippen molar-refractivity contribution in [3.63, 3.8) is 0 Å². The van der Waals surface area contributed by atoms with Crippen molar-refractivity contribution in [2.75, 3.05) is 13.7 Å². The van der Waals surface area contributed by atoms with Crippen molar-refractivity contribution in [1.82, 2.24) is 10.2 Å². The summed E-state index contributed by atoms with van der Waals surface area (Å²) in [7, 11) is 1.19. The summed E-state index contributed by atoms with van der Waals surface area (Å²) in [6.45, 7) is -0.0948. The van der Waals surface area contributed by atoms with Crippen molar-refractivity contribution in [1.29, 1.82) is 0 Å². The van der Waals surface area contributed by atoms with Crippen molar-refractivity contribution in [3.05, 3.63) is 69.8 Å². The minimum absolute atomic E-state index is 0.0635. The molecule has 0 radical (unpaired) electrons. The van der Waals surface area contributed by atoms with Gasteiger partial charge in [-0.2, -0.15) is 0 Å². The monoisotopic (exact) mass is 444 g/mol. The van der Waals surface area contributed by atoms with E-state index in [4.69, 9.17) is 4.74 Å². The molecule has 0 bridgehead atoms. The maximum Gasteiger partial charge on any atom is 0.329 e. The van der Waals surface area contributed by atoms with E-state index in [1.54, 1.807) is 18.2 Å². The number of amides is 3. The highest BCUT2D eigenvalue weighted by molar-refractivity contribution is 9.10. The molecular formula is C20H17BrN2O5. The van der Waals surface area contributed by atoms with Crippen molar-refractivity contribution < 1.29 is 23.9 Å². The second-order valence-electron chi connectivity index (χ2n) is 5.91. The van der Waals surface area contributed by atoms with Crippen LogP contribution in [0.2, 0.25) is 0 Å². The van der Waals surface area contributed by atoms with Crippen LogP contribution in [0.4, 0.5) is 4.79 Å². The molecule has 1 fully saturated rings. The molecule has 8 heteroatoms. The van der Waals surface area contributed by atoms with E-state index in [-0.39, 0.29) is 5.70 Å². The topological polar surface area (TPSA) is 84.9 Å². The number of carbonyl (C=O) groups excluding carboxylic acids is 3.